The van der Waals surface area contributed by atoms with Crippen molar-refractivity contribution in [3.05, 3.63) is 24.2 Å². The highest BCUT2D eigenvalue weighted by atomic mass is 16.7. The van der Waals surface area contributed by atoms with Crippen LogP contribution in [0.3, 0.4) is 0 Å². The Balaban J connectivity index is 2.10. The standard InChI is InChI=1S/C14H19BN2O2/c1-9-12(10-6-7-16-8-11(10)17-9)15-18-13(2,3)14(4,5)19-15/h6-8,17H,1-5H3. The van der Waals surface area contributed by atoms with Crippen LogP contribution in [0.4, 0.5) is 0 Å². The minimum atomic E-state index is -0.332. The molecule has 4 nitrogen and oxygen atoms in total. The molecule has 0 saturated carbocycles. The maximum Gasteiger partial charge on any atom is 0.497 e. The number of aryl methyl sites for hydroxylation is 1. The molecular weight excluding hydrogens is 239 g/mol. The molecule has 0 amide bonds. The Labute approximate surface area is 113 Å². The molecule has 2 aromatic rings. The maximum atomic E-state index is 6.13. The Kier molecular flexibility index (Phi) is 2.56. The van der Waals surface area contributed by atoms with E-state index >= 15 is 0 Å². The monoisotopic (exact) mass is 258 g/mol. The van der Waals surface area contributed by atoms with Gasteiger partial charge in [0.05, 0.1) is 22.9 Å². The third-order valence-corrected chi connectivity index (χ3v) is 4.33. The van der Waals surface area contributed by atoms with Crippen LogP contribution in [-0.2, 0) is 9.31 Å². The van der Waals surface area contributed by atoms with E-state index in [0.29, 0.717) is 0 Å². The van der Waals surface area contributed by atoms with Crippen LogP contribution in [0.1, 0.15) is 33.4 Å². The number of hydrogen-bond donors (Lipinski definition) is 1. The number of H-pyrrole nitrogens is 1. The molecule has 0 aromatic carbocycles. The van der Waals surface area contributed by atoms with Crippen molar-refractivity contribution in [2.75, 3.05) is 0 Å². The summed E-state index contributed by atoms with van der Waals surface area (Å²) in [4.78, 5) is 7.47. The lowest BCUT2D eigenvalue weighted by Gasteiger charge is -2.32. The quantitative estimate of drug-likeness (QED) is 0.797. The summed E-state index contributed by atoms with van der Waals surface area (Å²) in [5, 5.41) is 1.12. The number of rotatable bonds is 1. The summed E-state index contributed by atoms with van der Waals surface area (Å²) < 4.78 is 12.3. The zero-order valence-corrected chi connectivity index (χ0v) is 12.1. The van der Waals surface area contributed by atoms with E-state index in [1.54, 1.807) is 6.20 Å². The van der Waals surface area contributed by atoms with Crippen LogP contribution in [0, 0.1) is 6.92 Å². The van der Waals surface area contributed by atoms with Gasteiger partial charge in [-0.3, -0.25) is 4.98 Å². The molecule has 1 aliphatic rings. The molecule has 5 heteroatoms. The predicted molar refractivity (Wildman–Crippen MR) is 76.5 cm³/mol. The molecule has 1 fully saturated rings. The average Bonchev–Trinajstić information content (AvgIpc) is 2.72. The molecule has 1 aliphatic heterocycles. The molecule has 0 atom stereocenters. The number of nitrogens with zero attached hydrogens (tertiary/aromatic N) is 1. The van der Waals surface area contributed by atoms with E-state index in [-0.39, 0.29) is 18.3 Å². The zero-order valence-electron chi connectivity index (χ0n) is 12.1. The van der Waals surface area contributed by atoms with Crippen molar-refractivity contribution in [3.8, 4) is 0 Å². The first-order valence-corrected chi connectivity index (χ1v) is 6.60. The number of pyridine rings is 1. The number of fused-ring (bicyclic) bond motifs is 1. The van der Waals surface area contributed by atoms with Crippen LogP contribution in [-0.4, -0.2) is 28.3 Å². The Hall–Kier alpha value is -1.33. The van der Waals surface area contributed by atoms with Gasteiger partial charge in [0.2, 0.25) is 0 Å². The summed E-state index contributed by atoms with van der Waals surface area (Å²) in [5.74, 6) is 0. The zero-order chi connectivity index (χ0) is 13.8. The number of nitrogens with one attached hydrogen (secondary N) is 1. The summed E-state index contributed by atoms with van der Waals surface area (Å²) in [6.07, 6.45) is 3.63. The molecule has 0 spiro atoms. The van der Waals surface area contributed by atoms with Crippen molar-refractivity contribution >= 4 is 23.5 Å². The highest BCUT2D eigenvalue weighted by molar-refractivity contribution is 6.65. The molecule has 100 valence electrons. The number of hydrogen-bond acceptors (Lipinski definition) is 3. The van der Waals surface area contributed by atoms with Crippen molar-refractivity contribution in [2.45, 2.75) is 45.8 Å². The van der Waals surface area contributed by atoms with Crippen LogP contribution in [0.2, 0.25) is 0 Å². The van der Waals surface area contributed by atoms with E-state index in [0.717, 1.165) is 22.1 Å². The van der Waals surface area contributed by atoms with Crippen LogP contribution in [0.25, 0.3) is 10.9 Å². The average molecular weight is 258 g/mol. The fourth-order valence-corrected chi connectivity index (χ4v) is 2.46. The van der Waals surface area contributed by atoms with Gasteiger partial charge < -0.3 is 14.3 Å². The van der Waals surface area contributed by atoms with Crippen LogP contribution in [0.5, 0.6) is 0 Å². The van der Waals surface area contributed by atoms with Crippen LogP contribution < -0.4 is 5.46 Å². The second-order valence-corrected chi connectivity index (χ2v) is 6.17. The van der Waals surface area contributed by atoms with Gasteiger partial charge in [-0.2, -0.15) is 0 Å². The molecule has 0 bridgehead atoms. The Morgan fingerprint density at radius 1 is 1.16 bits per heavy atom. The summed E-state index contributed by atoms with van der Waals surface area (Å²) in [5.41, 5.74) is 2.53. The van der Waals surface area contributed by atoms with Gasteiger partial charge in [-0.1, -0.05) is 0 Å². The highest BCUT2D eigenvalue weighted by Crippen LogP contribution is 2.37. The summed E-state index contributed by atoms with van der Waals surface area (Å²) in [6.45, 7) is 10.3. The smallest absolute Gasteiger partial charge is 0.399 e. The first-order valence-electron chi connectivity index (χ1n) is 6.60. The van der Waals surface area contributed by atoms with Gasteiger partial charge in [0, 0.05) is 22.7 Å². The van der Waals surface area contributed by atoms with Crippen molar-refractivity contribution in [1.29, 1.82) is 0 Å². The minimum absolute atomic E-state index is 0.319. The van der Waals surface area contributed by atoms with Crippen LogP contribution in [0.15, 0.2) is 18.5 Å². The summed E-state index contributed by atoms with van der Waals surface area (Å²) >= 11 is 0. The van der Waals surface area contributed by atoms with Gasteiger partial charge in [-0.25, -0.2) is 0 Å². The van der Waals surface area contributed by atoms with E-state index in [9.17, 15) is 0 Å². The predicted octanol–water partition coefficient (Wildman–Crippen LogP) is 2.17. The summed E-state index contributed by atoms with van der Waals surface area (Å²) in [7, 11) is -0.332. The molecule has 19 heavy (non-hydrogen) atoms. The van der Waals surface area contributed by atoms with E-state index in [1.807, 2.05) is 19.2 Å². The van der Waals surface area contributed by atoms with Crippen LogP contribution >= 0.6 is 0 Å². The van der Waals surface area contributed by atoms with Crippen molar-refractivity contribution in [1.82, 2.24) is 9.97 Å². The SMILES string of the molecule is Cc1[nH]c2cnccc2c1B1OC(C)(C)C(C)(C)O1. The lowest BCUT2D eigenvalue weighted by Crippen LogP contribution is -2.41. The Morgan fingerprint density at radius 3 is 2.42 bits per heavy atom. The first kappa shape index (κ1) is 12.7. The Bertz CT molecular complexity index is 617. The van der Waals surface area contributed by atoms with Crippen molar-refractivity contribution in [2.24, 2.45) is 0 Å². The third kappa shape index (κ3) is 1.80. The lowest BCUT2D eigenvalue weighted by molar-refractivity contribution is 0.00578. The summed E-state index contributed by atoms with van der Waals surface area (Å²) in [6, 6.07) is 2.00. The van der Waals surface area contributed by atoms with E-state index in [4.69, 9.17) is 9.31 Å². The van der Waals surface area contributed by atoms with Gasteiger partial charge in [0.25, 0.3) is 0 Å². The largest absolute Gasteiger partial charge is 0.497 e. The molecule has 1 N–H and O–H groups in total. The lowest BCUT2D eigenvalue weighted by atomic mass is 9.77. The maximum absolute atomic E-state index is 6.13. The van der Waals surface area contributed by atoms with E-state index < -0.39 is 0 Å². The van der Waals surface area contributed by atoms with E-state index in [2.05, 4.69) is 37.7 Å². The molecule has 3 rings (SSSR count). The first-order chi connectivity index (χ1) is 8.82. The fourth-order valence-electron chi connectivity index (χ4n) is 2.46. The minimum Gasteiger partial charge on any atom is -0.399 e. The van der Waals surface area contributed by atoms with Gasteiger partial charge in [-0.05, 0) is 40.7 Å². The highest BCUT2D eigenvalue weighted by Gasteiger charge is 2.52. The fraction of sp³-hybridized carbons (Fsp3) is 0.500. The normalized spacial score (nSPS) is 21.2. The van der Waals surface area contributed by atoms with Gasteiger partial charge in [-0.15, -0.1) is 0 Å². The topological polar surface area (TPSA) is 47.1 Å². The van der Waals surface area contributed by atoms with Gasteiger partial charge in [0.1, 0.15) is 0 Å². The molecule has 0 radical (unpaired) electrons. The van der Waals surface area contributed by atoms with Gasteiger partial charge in [0.15, 0.2) is 0 Å². The number of aromatic amines is 1. The van der Waals surface area contributed by atoms with Gasteiger partial charge >= 0.3 is 7.12 Å². The molecule has 0 unspecified atom stereocenters. The van der Waals surface area contributed by atoms with E-state index in [1.165, 1.54) is 0 Å². The molecule has 1 saturated heterocycles. The second-order valence-electron chi connectivity index (χ2n) is 6.17. The van der Waals surface area contributed by atoms with Crippen molar-refractivity contribution < 1.29 is 9.31 Å². The second kappa shape index (κ2) is 3.84. The van der Waals surface area contributed by atoms with Crippen molar-refractivity contribution in [3.63, 3.8) is 0 Å². The number of aromatic nitrogens is 2. The Morgan fingerprint density at radius 2 is 1.79 bits per heavy atom. The molecule has 3 heterocycles. The third-order valence-electron chi connectivity index (χ3n) is 4.33. The molecule has 0 aliphatic carbocycles. The molecular formula is C14H19BN2O2. The molecule has 2 aromatic heterocycles.